The Morgan fingerprint density at radius 3 is 2.29 bits per heavy atom. The van der Waals surface area contributed by atoms with E-state index in [0.29, 0.717) is 23.7 Å². The fraction of sp³-hybridized carbons (Fsp3) is 0.263. The molecule has 5 nitrogen and oxygen atoms in total. The summed E-state index contributed by atoms with van der Waals surface area (Å²) in [6.07, 6.45) is 0. The van der Waals surface area contributed by atoms with Gasteiger partial charge in [-0.2, -0.15) is 0 Å². The molecule has 24 heavy (non-hydrogen) atoms. The number of aliphatic hydroxyl groups is 1. The van der Waals surface area contributed by atoms with Gasteiger partial charge >= 0.3 is 0 Å². The molecule has 0 saturated heterocycles. The van der Waals surface area contributed by atoms with Crippen molar-refractivity contribution in [3.05, 3.63) is 53.3 Å². The van der Waals surface area contributed by atoms with Gasteiger partial charge in [-0.25, -0.2) is 0 Å². The van der Waals surface area contributed by atoms with E-state index >= 15 is 0 Å². The van der Waals surface area contributed by atoms with Gasteiger partial charge in [0, 0.05) is 23.1 Å². The number of ether oxygens (including phenoxy) is 3. The maximum absolute atomic E-state index is 9.29. The first kappa shape index (κ1) is 16.2. The van der Waals surface area contributed by atoms with Crippen LogP contribution in [-0.4, -0.2) is 19.3 Å². The minimum Gasteiger partial charge on any atom is -0.497 e. The molecule has 1 aromatic heterocycles. The molecular formula is C19H20O5. The Hall–Kier alpha value is -2.66. The molecule has 1 heterocycles. The van der Waals surface area contributed by atoms with Gasteiger partial charge in [0.2, 0.25) is 0 Å². The average Bonchev–Trinajstić information content (AvgIpc) is 2.95. The third-order valence-corrected chi connectivity index (χ3v) is 3.97. The first-order valence-corrected chi connectivity index (χ1v) is 7.62. The summed E-state index contributed by atoms with van der Waals surface area (Å²) in [5, 5.41) is 10.3. The van der Waals surface area contributed by atoms with E-state index in [-0.39, 0.29) is 6.61 Å². The van der Waals surface area contributed by atoms with Crippen LogP contribution in [0.2, 0.25) is 0 Å². The second-order valence-electron chi connectivity index (χ2n) is 5.48. The van der Waals surface area contributed by atoms with Gasteiger partial charge in [0.25, 0.3) is 0 Å². The molecule has 126 valence electrons. The van der Waals surface area contributed by atoms with E-state index in [1.807, 2.05) is 43.3 Å². The van der Waals surface area contributed by atoms with Crippen molar-refractivity contribution < 1.29 is 23.7 Å². The van der Waals surface area contributed by atoms with Crippen LogP contribution in [0.1, 0.15) is 16.9 Å². The summed E-state index contributed by atoms with van der Waals surface area (Å²) in [6, 6.07) is 11.3. The third kappa shape index (κ3) is 3.16. The van der Waals surface area contributed by atoms with Gasteiger partial charge in [-0.15, -0.1) is 0 Å². The zero-order chi connectivity index (χ0) is 17.1. The molecule has 0 atom stereocenters. The number of rotatable bonds is 6. The molecule has 5 heteroatoms. The second kappa shape index (κ2) is 6.84. The number of hydrogen-bond acceptors (Lipinski definition) is 5. The van der Waals surface area contributed by atoms with Crippen LogP contribution in [0.4, 0.5) is 0 Å². The average molecular weight is 328 g/mol. The van der Waals surface area contributed by atoms with Crippen LogP contribution in [0.5, 0.6) is 17.2 Å². The SMILES string of the molecule is COc1cc(COc2ccc3c(C)c(CO)oc3c2)cc(OC)c1. The summed E-state index contributed by atoms with van der Waals surface area (Å²) in [5.41, 5.74) is 2.60. The van der Waals surface area contributed by atoms with Gasteiger partial charge in [0.1, 0.15) is 41.8 Å². The highest BCUT2D eigenvalue weighted by molar-refractivity contribution is 5.83. The standard InChI is InChI=1S/C19H20O5/c1-12-17-5-4-14(9-18(17)24-19(12)10-20)23-11-13-6-15(21-2)8-16(7-13)22-3/h4-9,20H,10-11H2,1-3H3. The molecular weight excluding hydrogens is 308 g/mol. The Morgan fingerprint density at radius 2 is 1.67 bits per heavy atom. The lowest BCUT2D eigenvalue weighted by Crippen LogP contribution is -1.97. The summed E-state index contributed by atoms with van der Waals surface area (Å²) in [6.45, 7) is 2.20. The van der Waals surface area contributed by atoms with E-state index in [1.54, 1.807) is 14.2 Å². The van der Waals surface area contributed by atoms with Crippen molar-refractivity contribution in [2.24, 2.45) is 0 Å². The van der Waals surface area contributed by atoms with Crippen molar-refractivity contribution in [3.63, 3.8) is 0 Å². The zero-order valence-corrected chi connectivity index (χ0v) is 14.0. The third-order valence-electron chi connectivity index (χ3n) is 3.97. The van der Waals surface area contributed by atoms with E-state index in [9.17, 15) is 5.11 Å². The normalized spacial score (nSPS) is 10.8. The molecule has 0 amide bonds. The van der Waals surface area contributed by atoms with Crippen LogP contribution in [0.15, 0.2) is 40.8 Å². The van der Waals surface area contributed by atoms with Gasteiger partial charge in [-0.05, 0) is 36.8 Å². The summed E-state index contributed by atoms with van der Waals surface area (Å²) < 4.78 is 22.0. The van der Waals surface area contributed by atoms with Crippen LogP contribution >= 0.6 is 0 Å². The van der Waals surface area contributed by atoms with Crippen LogP contribution in [0.25, 0.3) is 11.0 Å². The summed E-state index contributed by atoms with van der Waals surface area (Å²) in [5.74, 6) is 2.72. The Bertz CT molecular complexity index is 828. The number of fused-ring (bicyclic) bond motifs is 1. The van der Waals surface area contributed by atoms with Crippen LogP contribution in [-0.2, 0) is 13.2 Å². The Labute approximate surface area is 140 Å². The number of furan rings is 1. The van der Waals surface area contributed by atoms with Crippen LogP contribution in [0, 0.1) is 6.92 Å². The van der Waals surface area contributed by atoms with Gasteiger partial charge < -0.3 is 23.7 Å². The summed E-state index contributed by atoms with van der Waals surface area (Å²) in [4.78, 5) is 0. The second-order valence-corrected chi connectivity index (χ2v) is 5.48. The Kier molecular flexibility index (Phi) is 4.62. The van der Waals surface area contributed by atoms with Gasteiger partial charge in [-0.3, -0.25) is 0 Å². The van der Waals surface area contributed by atoms with Crippen LogP contribution < -0.4 is 14.2 Å². The molecule has 3 rings (SSSR count). The lowest BCUT2D eigenvalue weighted by Gasteiger charge is -2.10. The largest absolute Gasteiger partial charge is 0.497 e. The van der Waals surface area contributed by atoms with Crippen LogP contribution in [0.3, 0.4) is 0 Å². The summed E-state index contributed by atoms with van der Waals surface area (Å²) >= 11 is 0. The van der Waals surface area contributed by atoms with E-state index in [2.05, 4.69) is 0 Å². The Morgan fingerprint density at radius 1 is 0.958 bits per heavy atom. The van der Waals surface area contributed by atoms with Crippen molar-refractivity contribution in [2.45, 2.75) is 20.1 Å². The molecule has 0 radical (unpaired) electrons. The monoisotopic (exact) mass is 328 g/mol. The van der Waals surface area contributed by atoms with Crippen molar-refractivity contribution >= 4 is 11.0 Å². The van der Waals surface area contributed by atoms with E-state index in [1.165, 1.54) is 0 Å². The molecule has 3 aromatic rings. The van der Waals surface area contributed by atoms with Gasteiger partial charge in [-0.1, -0.05) is 0 Å². The maximum atomic E-state index is 9.29. The first-order chi connectivity index (χ1) is 11.6. The van der Waals surface area contributed by atoms with Gasteiger partial charge in [0.15, 0.2) is 0 Å². The highest BCUT2D eigenvalue weighted by Crippen LogP contribution is 2.29. The van der Waals surface area contributed by atoms with Crippen molar-refractivity contribution in [1.82, 2.24) is 0 Å². The van der Waals surface area contributed by atoms with Crippen molar-refractivity contribution in [3.8, 4) is 17.2 Å². The molecule has 0 spiro atoms. The molecule has 0 aliphatic heterocycles. The predicted molar refractivity (Wildman–Crippen MR) is 90.8 cm³/mol. The lowest BCUT2D eigenvalue weighted by atomic mass is 10.1. The number of aryl methyl sites for hydroxylation is 1. The molecule has 0 aliphatic rings. The fourth-order valence-electron chi connectivity index (χ4n) is 2.61. The highest BCUT2D eigenvalue weighted by atomic mass is 16.5. The molecule has 0 bridgehead atoms. The molecule has 0 fully saturated rings. The minimum absolute atomic E-state index is 0.111. The molecule has 2 aromatic carbocycles. The fourth-order valence-corrected chi connectivity index (χ4v) is 2.61. The number of hydrogen-bond donors (Lipinski definition) is 1. The highest BCUT2D eigenvalue weighted by Gasteiger charge is 2.10. The van der Waals surface area contributed by atoms with E-state index in [0.717, 1.165) is 28.0 Å². The minimum atomic E-state index is -0.111. The van der Waals surface area contributed by atoms with Crippen molar-refractivity contribution in [2.75, 3.05) is 14.2 Å². The molecule has 0 unspecified atom stereocenters. The molecule has 0 aliphatic carbocycles. The first-order valence-electron chi connectivity index (χ1n) is 7.62. The Balaban J connectivity index is 1.80. The number of benzene rings is 2. The zero-order valence-electron chi connectivity index (χ0n) is 14.0. The van der Waals surface area contributed by atoms with E-state index < -0.39 is 0 Å². The maximum Gasteiger partial charge on any atom is 0.138 e. The summed E-state index contributed by atoms with van der Waals surface area (Å²) in [7, 11) is 3.23. The predicted octanol–water partition coefficient (Wildman–Crippen LogP) is 3.83. The number of aliphatic hydroxyl groups excluding tert-OH is 1. The quantitative estimate of drug-likeness (QED) is 0.745. The number of methoxy groups -OCH3 is 2. The van der Waals surface area contributed by atoms with E-state index in [4.69, 9.17) is 18.6 Å². The molecule has 1 N–H and O–H groups in total. The topological polar surface area (TPSA) is 61.1 Å². The molecule has 0 saturated carbocycles. The lowest BCUT2D eigenvalue weighted by molar-refractivity contribution is 0.249. The van der Waals surface area contributed by atoms with Gasteiger partial charge in [0.05, 0.1) is 14.2 Å². The van der Waals surface area contributed by atoms with Crippen molar-refractivity contribution in [1.29, 1.82) is 0 Å². The smallest absolute Gasteiger partial charge is 0.138 e.